The number of carboxylic acid groups (broad SMARTS) is 1. The molecule has 3 atom stereocenters. The Balaban J connectivity index is 2.02. The van der Waals surface area contributed by atoms with Gasteiger partial charge in [-0.2, -0.15) is 0 Å². The SMILES string of the molecule is CC(=O)NC1C(SCCN)=C(C(=O)O)N2C(=O)C(c3ccccc3)C12. The Kier molecular flexibility index (Phi) is 4.82. The van der Waals surface area contributed by atoms with Crippen molar-refractivity contribution in [3.05, 3.63) is 46.5 Å². The van der Waals surface area contributed by atoms with Crippen molar-refractivity contribution in [2.45, 2.75) is 24.9 Å². The minimum atomic E-state index is -1.17. The van der Waals surface area contributed by atoms with E-state index >= 15 is 0 Å². The topological polar surface area (TPSA) is 113 Å². The number of fused-ring (bicyclic) bond motifs is 1. The fraction of sp³-hybridized carbons (Fsp3) is 0.353. The number of β-lactam (4-membered cyclic amide) rings is 1. The van der Waals surface area contributed by atoms with Crippen molar-refractivity contribution in [2.24, 2.45) is 5.73 Å². The van der Waals surface area contributed by atoms with Gasteiger partial charge in [0, 0.05) is 24.1 Å². The average Bonchev–Trinajstić information content (AvgIpc) is 2.83. The van der Waals surface area contributed by atoms with Gasteiger partial charge in [0.05, 0.1) is 18.0 Å². The maximum absolute atomic E-state index is 12.7. The lowest BCUT2D eigenvalue weighted by atomic mass is 9.79. The summed E-state index contributed by atoms with van der Waals surface area (Å²) in [5, 5.41) is 12.4. The second kappa shape index (κ2) is 6.89. The third-order valence-electron chi connectivity index (χ3n) is 4.34. The number of nitrogens with two attached hydrogens (primary N) is 1. The van der Waals surface area contributed by atoms with Gasteiger partial charge in [-0.25, -0.2) is 4.79 Å². The summed E-state index contributed by atoms with van der Waals surface area (Å²) in [5.41, 5.74) is 6.32. The van der Waals surface area contributed by atoms with E-state index in [1.165, 1.54) is 23.6 Å². The smallest absolute Gasteiger partial charge is 0.353 e. The summed E-state index contributed by atoms with van der Waals surface area (Å²) in [6.45, 7) is 1.75. The maximum atomic E-state index is 12.7. The molecule has 4 N–H and O–H groups in total. The van der Waals surface area contributed by atoms with Crippen LogP contribution in [-0.2, 0) is 14.4 Å². The Hall–Kier alpha value is -2.32. The molecule has 0 aliphatic carbocycles. The predicted molar refractivity (Wildman–Crippen MR) is 93.6 cm³/mol. The Morgan fingerprint density at radius 2 is 2.00 bits per heavy atom. The van der Waals surface area contributed by atoms with Crippen molar-refractivity contribution in [2.75, 3.05) is 12.3 Å². The molecule has 2 aliphatic heterocycles. The summed E-state index contributed by atoms with van der Waals surface area (Å²) in [4.78, 5) is 37.9. The molecule has 3 rings (SSSR count). The molecule has 2 heterocycles. The number of nitrogens with one attached hydrogen (secondary N) is 1. The molecule has 1 aromatic rings. The molecule has 8 heteroatoms. The van der Waals surface area contributed by atoms with E-state index in [0.717, 1.165) is 5.56 Å². The molecule has 1 aromatic carbocycles. The first-order chi connectivity index (χ1) is 12.0. The van der Waals surface area contributed by atoms with Gasteiger partial charge in [0.1, 0.15) is 5.70 Å². The summed E-state index contributed by atoms with van der Waals surface area (Å²) < 4.78 is 0. The van der Waals surface area contributed by atoms with Crippen LogP contribution >= 0.6 is 11.8 Å². The lowest BCUT2D eigenvalue weighted by Crippen LogP contribution is -2.63. The van der Waals surface area contributed by atoms with E-state index in [1.54, 1.807) is 0 Å². The number of rotatable bonds is 6. The van der Waals surface area contributed by atoms with Crippen molar-refractivity contribution in [1.29, 1.82) is 0 Å². The quantitative estimate of drug-likeness (QED) is 0.636. The van der Waals surface area contributed by atoms with E-state index < -0.39 is 24.0 Å². The normalized spacial score (nSPS) is 24.8. The van der Waals surface area contributed by atoms with Crippen LogP contribution < -0.4 is 11.1 Å². The monoisotopic (exact) mass is 361 g/mol. The molecule has 2 aliphatic rings. The van der Waals surface area contributed by atoms with Crippen molar-refractivity contribution >= 4 is 29.5 Å². The number of thioether (sulfide) groups is 1. The standard InChI is InChI=1S/C17H19N3O4S/c1-9(21)19-12-13-11(10-5-3-2-4-6-10)16(22)20(13)14(17(23)24)15(12)25-8-7-18/h2-6,11-13H,7-8,18H2,1H3,(H,19,21)(H,23,24). The van der Waals surface area contributed by atoms with Crippen LogP contribution in [-0.4, -0.2) is 52.2 Å². The van der Waals surface area contributed by atoms with Gasteiger partial charge in [-0.3, -0.25) is 14.5 Å². The number of nitrogens with zero attached hydrogens (tertiary/aromatic N) is 1. The van der Waals surface area contributed by atoms with Gasteiger partial charge in [0.25, 0.3) is 0 Å². The highest BCUT2D eigenvalue weighted by Crippen LogP contribution is 2.49. The zero-order valence-corrected chi connectivity index (χ0v) is 14.5. The zero-order chi connectivity index (χ0) is 18.1. The van der Waals surface area contributed by atoms with Crippen LogP contribution in [0.15, 0.2) is 40.9 Å². The number of carboxylic acids is 1. The van der Waals surface area contributed by atoms with Crippen LogP contribution in [0.3, 0.4) is 0 Å². The summed E-state index contributed by atoms with van der Waals surface area (Å²) in [5.74, 6) is -1.66. The van der Waals surface area contributed by atoms with Crippen molar-refractivity contribution in [3.63, 3.8) is 0 Å². The van der Waals surface area contributed by atoms with Gasteiger partial charge in [0.15, 0.2) is 0 Å². The molecule has 132 valence electrons. The van der Waals surface area contributed by atoms with Gasteiger partial charge in [0.2, 0.25) is 11.8 Å². The van der Waals surface area contributed by atoms with Gasteiger partial charge < -0.3 is 16.2 Å². The van der Waals surface area contributed by atoms with Crippen molar-refractivity contribution in [1.82, 2.24) is 10.2 Å². The fourth-order valence-electron chi connectivity index (χ4n) is 3.44. The zero-order valence-electron chi connectivity index (χ0n) is 13.6. The average molecular weight is 361 g/mol. The van der Waals surface area contributed by atoms with Crippen LogP contribution in [0.25, 0.3) is 0 Å². The Morgan fingerprint density at radius 1 is 1.32 bits per heavy atom. The molecule has 2 amide bonds. The number of amides is 2. The number of aliphatic carboxylic acids is 1. The minimum absolute atomic E-state index is 0.0422. The first-order valence-corrected chi connectivity index (χ1v) is 8.91. The molecule has 0 saturated carbocycles. The lowest BCUT2D eigenvalue weighted by Gasteiger charge is -2.45. The van der Waals surface area contributed by atoms with Gasteiger partial charge in [-0.15, -0.1) is 11.8 Å². The molecule has 0 radical (unpaired) electrons. The number of carbonyl (C=O) groups excluding carboxylic acids is 2. The van der Waals surface area contributed by atoms with Gasteiger partial charge >= 0.3 is 5.97 Å². The highest BCUT2D eigenvalue weighted by Gasteiger charge is 2.60. The molecular weight excluding hydrogens is 342 g/mol. The van der Waals surface area contributed by atoms with E-state index in [2.05, 4.69) is 5.32 Å². The van der Waals surface area contributed by atoms with Crippen molar-refractivity contribution in [3.8, 4) is 0 Å². The first-order valence-electron chi connectivity index (χ1n) is 7.92. The largest absolute Gasteiger partial charge is 0.477 e. The van der Waals surface area contributed by atoms with E-state index in [4.69, 9.17) is 5.73 Å². The molecule has 0 aromatic heterocycles. The fourth-order valence-corrected chi connectivity index (χ4v) is 4.48. The Morgan fingerprint density at radius 3 is 2.56 bits per heavy atom. The molecule has 7 nitrogen and oxygen atoms in total. The second-order valence-electron chi connectivity index (χ2n) is 5.92. The third kappa shape index (κ3) is 2.91. The summed E-state index contributed by atoms with van der Waals surface area (Å²) >= 11 is 1.28. The van der Waals surface area contributed by atoms with E-state index in [1.807, 2.05) is 30.3 Å². The number of hydrogen-bond acceptors (Lipinski definition) is 5. The van der Waals surface area contributed by atoms with Crippen LogP contribution in [0.4, 0.5) is 0 Å². The van der Waals surface area contributed by atoms with Crippen LogP contribution in [0.2, 0.25) is 0 Å². The van der Waals surface area contributed by atoms with Gasteiger partial charge in [-0.05, 0) is 5.56 Å². The molecule has 25 heavy (non-hydrogen) atoms. The van der Waals surface area contributed by atoms with Gasteiger partial charge in [-0.1, -0.05) is 30.3 Å². The van der Waals surface area contributed by atoms with Crippen LogP contribution in [0.5, 0.6) is 0 Å². The van der Waals surface area contributed by atoms with E-state index in [0.29, 0.717) is 17.2 Å². The summed E-state index contributed by atoms with van der Waals surface area (Å²) in [6.07, 6.45) is 0. The number of hydrogen-bond donors (Lipinski definition) is 3. The van der Waals surface area contributed by atoms with E-state index in [9.17, 15) is 19.5 Å². The Labute approximate surface area is 149 Å². The highest BCUT2D eigenvalue weighted by atomic mass is 32.2. The molecule has 0 spiro atoms. The molecular formula is C17H19N3O4S. The maximum Gasteiger partial charge on any atom is 0.353 e. The van der Waals surface area contributed by atoms with Crippen LogP contribution in [0, 0.1) is 0 Å². The first kappa shape index (κ1) is 17.5. The van der Waals surface area contributed by atoms with Crippen LogP contribution in [0.1, 0.15) is 18.4 Å². The predicted octanol–water partition coefficient (Wildman–Crippen LogP) is 0.487. The summed E-state index contributed by atoms with van der Waals surface area (Å²) in [6, 6.07) is 8.25. The lowest BCUT2D eigenvalue weighted by molar-refractivity contribution is -0.151. The second-order valence-corrected chi connectivity index (χ2v) is 7.06. The molecule has 0 bridgehead atoms. The summed E-state index contributed by atoms with van der Waals surface area (Å²) in [7, 11) is 0. The minimum Gasteiger partial charge on any atom is -0.477 e. The molecule has 3 unspecified atom stereocenters. The highest BCUT2D eigenvalue weighted by molar-refractivity contribution is 8.03. The molecule has 1 saturated heterocycles. The number of benzene rings is 1. The molecule has 1 fully saturated rings. The third-order valence-corrected chi connectivity index (χ3v) is 5.53. The number of carbonyl (C=O) groups is 3. The Bertz CT molecular complexity index is 750. The van der Waals surface area contributed by atoms with E-state index in [-0.39, 0.29) is 17.5 Å². The van der Waals surface area contributed by atoms with Crippen molar-refractivity contribution < 1.29 is 19.5 Å².